The number of carbonyl (C=O) groups is 2. The van der Waals surface area contributed by atoms with Crippen LogP contribution in [-0.2, 0) is 4.79 Å². The van der Waals surface area contributed by atoms with Crippen LogP contribution in [-0.4, -0.2) is 39.5 Å². The minimum absolute atomic E-state index is 0.337. The summed E-state index contributed by atoms with van der Waals surface area (Å²) in [5.74, 6) is -1.32. The number of thiophene rings is 1. The second kappa shape index (κ2) is 8.09. The van der Waals surface area contributed by atoms with Crippen molar-refractivity contribution in [3.63, 3.8) is 0 Å². The van der Waals surface area contributed by atoms with Crippen molar-refractivity contribution in [2.24, 2.45) is 0 Å². The molecule has 7 heteroatoms. The van der Waals surface area contributed by atoms with E-state index in [4.69, 9.17) is 10.7 Å². The maximum Gasteiger partial charge on any atom is 0.326 e. The van der Waals surface area contributed by atoms with E-state index >= 15 is 0 Å². The maximum atomic E-state index is 13.3. The number of benzene rings is 2. The number of aromatic nitrogens is 1. The van der Waals surface area contributed by atoms with Crippen LogP contribution in [0.3, 0.4) is 0 Å². The lowest BCUT2D eigenvalue weighted by molar-refractivity contribution is -0.141. The molecule has 0 unspecified atom stereocenters. The Kier molecular flexibility index (Phi) is 5.11. The molecule has 32 heavy (non-hydrogen) atoms. The molecule has 1 aliphatic rings. The van der Waals surface area contributed by atoms with Gasteiger partial charge in [0, 0.05) is 17.5 Å². The number of hydrogen-bond acceptors (Lipinski definition) is 5. The molecule has 6 nitrogen and oxygen atoms in total. The molecular weight excluding hydrogens is 422 g/mol. The Labute approximate surface area is 188 Å². The van der Waals surface area contributed by atoms with Crippen LogP contribution in [0.15, 0.2) is 66.7 Å². The number of carbonyl (C=O) groups excluding carboxylic acids is 1. The Hall–Kier alpha value is -3.71. The van der Waals surface area contributed by atoms with Gasteiger partial charge in [-0.05, 0) is 30.0 Å². The molecule has 0 bridgehead atoms. The van der Waals surface area contributed by atoms with E-state index in [2.05, 4.69) is 0 Å². The fourth-order valence-electron chi connectivity index (χ4n) is 4.28. The predicted molar refractivity (Wildman–Crippen MR) is 127 cm³/mol. The van der Waals surface area contributed by atoms with Crippen LogP contribution in [0, 0.1) is 0 Å². The lowest BCUT2D eigenvalue weighted by atomic mass is 9.99. The fourth-order valence-corrected chi connectivity index (χ4v) is 5.35. The van der Waals surface area contributed by atoms with Gasteiger partial charge in [0.05, 0.1) is 11.4 Å². The van der Waals surface area contributed by atoms with Crippen molar-refractivity contribution < 1.29 is 14.7 Å². The van der Waals surface area contributed by atoms with Gasteiger partial charge in [-0.1, -0.05) is 60.7 Å². The molecule has 4 aromatic rings. The zero-order valence-electron chi connectivity index (χ0n) is 17.2. The van der Waals surface area contributed by atoms with E-state index in [1.165, 1.54) is 16.2 Å². The second-order valence-corrected chi connectivity index (χ2v) is 8.81. The SMILES string of the molecule is Nc1c(C(=O)N2CCC[C@@H]2C(=O)O)sc2nc(-c3ccccc3)cc(-c3ccccc3)c12. The minimum Gasteiger partial charge on any atom is -0.480 e. The number of nitrogen functional groups attached to an aromatic ring is 1. The molecule has 3 heterocycles. The van der Waals surface area contributed by atoms with E-state index in [0.717, 1.165) is 27.8 Å². The summed E-state index contributed by atoms with van der Waals surface area (Å²) in [6.07, 6.45) is 1.12. The highest BCUT2D eigenvalue weighted by atomic mass is 32.1. The number of nitrogens with zero attached hydrogens (tertiary/aromatic N) is 2. The molecule has 1 saturated heterocycles. The number of pyridine rings is 1. The molecular formula is C25H21N3O3S. The van der Waals surface area contributed by atoms with Crippen LogP contribution < -0.4 is 5.73 Å². The Bertz CT molecular complexity index is 1320. The number of anilines is 1. The standard InChI is InChI=1S/C25H21N3O3S/c26-21-20-17(15-8-3-1-4-9-15)14-18(16-10-5-2-6-11-16)27-23(20)32-22(21)24(29)28-13-7-12-19(28)25(30)31/h1-6,8-11,14,19H,7,12-13,26H2,(H,30,31)/t19-/m1/s1. The van der Waals surface area contributed by atoms with E-state index in [0.29, 0.717) is 34.8 Å². The number of nitrogens with two attached hydrogens (primary N) is 1. The molecule has 1 aliphatic heterocycles. The van der Waals surface area contributed by atoms with Crippen LogP contribution >= 0.6 is 11.3 Å². The number of amides is 1. The summed E-state index contributed by atoms with van der Waals surface area (Å²) in [5, 5.41) is 10.2. The van der Waals surface area contributed by atoms with Crippen molar-refractivity contribution in [1.29, 1.82) is 0 Å². The zero-order chi connectivity index (χ0) is 22.2. The summed E-state index contributed by atoms with van der Waals surface area (Å²) in [4.78, 5) is 32.2. The smallest absolute Gasteiger partial charge is 0.326 e. The average molecular weight is 444 g/mol. The first-order valence-electron chi connectivity index (χ1n) is 10.4. The van der Waals surface area contributed by atoms with Crippen molar-refractivity contribution in [2.45, 2.75) is 18.9 Å². The van der Waals surface area contributed by atoms with Crippen molar-refractivity contribution in [2.75, 3.05) is 12.3 Å². The van der Waals surface area contributed by atoms with Gasteiger partial charge in [0.1, 0.15) is 15.7 Å². The molecule has 2 aromatic carbocycles. The van der Waals surface area contributed by atoms with Gasteiger partial charge >= 0.3 is 5.97 Å². The van der Waals surface area contributed by atoms with Gasteiger partial charge in [-0.25, -0.2) is 9.78 Å². The molecule has 0 radical (unpaired) electrons. The lowest BCUT2D eigenvalue weighted by Gasteiger charge is -2.20. The maximum absolute atomic E-state index is 13.3. The van der Waals surface area contributed by atoms with Gasteiger partial charge in [0.2, 0.25) is 0 Å². The highest BCUT2D eigenvalue weighted by molar-refractivity contribution is 7.21. The van der Waals surface area contributed by atoms with Crippen molar-refractivity contribution >= 4 is 39.1 Å². The Morgan fingerprint density at radius 1 is 1.03 bits per heavy atom. The largest absolute Gasteiger partial charge is 0.480 e. The van der Waals surface area contributed by atoms with Crippen molar-refractivity contribution in [3.05, 3.63) is 71.6 Å². The second-order valence-electron chi connectivity index (χ2n) is 7.81. The molecule has 0 aliphatic carbocycles. The van der Waals surface area contributed by atoms with Gasteiger partial charge in [-0.3, -0.25) is 4.79 Å². The zero-order valence-corrected chi connectivity index (χ0v) is 18.0. The van der Waals surface area contributed by atoms with Crippen molar-refractivity contribution in [1.82, 2.24) is 9.88 Å². The van der Waals surface area contributed by atoms with Gasteiger partial charge in [0.25, 0.3) is 5.91 Å². The third-order valence-corrected chi connectivity index (χ3v) is 6.93. The number of carboxylic acid groups (broad SMARTS) is 1. The molecule has 5 rings (SSSR count). The van der Waals surface area contributed by atoms with E-state index in [9.17, 15) is 14.7 Å². The Morgan fingerprint density at radius 3 is 2.34 bits per heavy atom. The molecule has 1 amide bonds. The summed E-state index contributed by atoms with van der Waals surface area (Å²) in [7, 11) is 0. The summed E-state index contributed by atoms with van der Waals surface area (Å²) in [5.41, 5.74) is 10.5. The quantitative estimate of drug-likeness (QED) is 0.468. The average Bonchev–Trinajstić information content (AvgIpc) is 3.45. The minimum atomic E-state index is -0.981. The Balaban J connectivity index is 1.70. The number of fused-ring (bicyclic) bond motifs is 1. The number of rotatable bonds is 4. The predicted octanol–water partition coefficient (Wildman–Crippen LogP) is 4.90. The molecule has 0 spiro atoms. The topological polar surface area (TPSA) is 96.5 Å². The fraction of sp³-hybridized carbons (Fsp3) is 0.160. The van der Waals surface area contributed by atoms with Crippen LogP contribution in [0.2, 0.25) is 0 Å². The molecule has 2 aromatic heterocycles. The molecule has 160 valence electrons. The van der Waals surface area contributed by atoms with E-state index in [1.54, 1.807) is 0 Å². The molecule has 0 saturated carbocycles. The van der Waals surface area contributed by atoms with Crippen LogP contribution in [0.4, 0.5) is 5.69 Å². The molecule has 1 fully saturated rings. The van der Waals surface area contributed by atoms with Gasteiger partial charge in [0.15, 0.2) is 0 Å². The molecule has 1 atom stereocenters. The number of aliphatic carboxylic acids is 1. The monoisotopic (exact) mass is 443 g/mol. The summed E-state index contributed by atoms with van der Waals surface area (Å²) >= 11 is 1.23. The third-order valence-electron chi connectivity index (χ3n) is 5.85. The number of hydrogen-bond donors (Lipinski definition) is 2. The number of carboxylic acids is 1. The van der Waals surface area contributed by atoms with Gasteiger partial charge in [-0.2, -0.15) is 0 Å². The third kappa shape index (κ3) is 3.40. The normalized spacial score (nSPS) is 15.9. The van der Waals surface area contributed by atoms with E-state index in [1.807, 2.05) is 66.7 Å². The lowest BCUT2D eigenvalue weighted by Crippen LogP contribution is -2.40. The first-order chi connectivity index (χ1) is 15.5. The Morgan fingerprint density at radius 2 is 1.69 bits per heavy atom. The first kappa shape index (κ1) is 20.2. The summed E-state index contributed by atoms with van der Waals surface area (Å²) in [6, 6.07) is 20.9. The van der Waals surface area contributed by atoms with Crippen LogP contribution in [0.25, 0.3) is 32.6 Å². The van der Waals surface area contributed by atoms with Crippen LogP contribution in [0.5, 0.6) is 0 Å². The first-order valence-corrected chi connectivity index (χ1v) is 11.2. The van der Waals surface area contributed by atoms with Crippen LogP contribution in [0.1, 0.15) is 22.5 Å². The highest BCUT2D eigenvalue weighted by Gasteiger charge is 2.36. The van der Waals surface area contributed by atoms with Crippen molar-refractivity contribution in [3.8, 4) is 22.4 Å². The van der Waals surface area contributed by atoms with Gasteiger partial charge < -0.3 is 15.7 Å². The summed E-state index contributed by atoms with van der Waals surface area (Å²) < 4.78 is 0. The van der Waals surface area contributed by atoms with E-state index in [-0.39, 0.29) is 5.91 Å². The summed E-state index contributed by atoms with van der Waals surface area (Å²) in [6.45, 7) is 0.414. The van der Waals surface area contributed by atoms with E-state index < -0.39 is 12.0 Å². The number of likely N-dealkylation sites (tertiary alicyclic amines) is 1. The van der Waals surface area contributed by atoms with Gasteiger partial charge in [-0.15, -0.1) is 11.3 Å². The molecule has 3 N–H and O–H groups in total. The highest BCUT2D eigenvalue weighted by Crippen LogP contribution is 2.42.